The first kappa shape index (κ1) is 19.0. The third kappa shape index (κ3) is 5.61. The van der Waals surface area contributed by atoms with Gasteiger partial charge in [0.25, 0.3) is 11.8 Å². The van der Waals surface area contributed by atoms with Gasteiger partial charge in [0.15, 0.2) is 0 Å². The normalized spacial score (nSPS) is 10.7. The topological polar surface area (TPSA) is 87.2 Å². The Morgan fingerprint density at radius 3 is 2.32 bits per heavy atom. The van der Waals surface area contributed by atoms with E-state index in [9.17, 15) is 9.59 Å². The van der Waals surface area contributed by atoms with E-state index in [0.29, 0.717) is 22.8 Å². The van der Waals surface area contributed by atoms with E-state index in [0.717, 1.165) is 24.6 Å². The summed E-state index contributed by atoms with van der Waals surface area (Å²) >= 11 is 1.24. The molecule has 8 heteroatoms. The molecule has 7 nitrogen and oxygen atoms in total. The minimum Gasteiger partial charge on any atom is -0.351 e. The number of aromatic nitrogens is 2. The van der Waals surface area contributed by atoms with Crippen molar-refractivity contribution in [3.05, 3.63) is 39.8 Å². The molecule has 2 amide bonds. The highest BCUT2D eigenvalue weighted by Gasteiger charge is 2.12. The highest BCUT2D eigenvalue weighted by atomic mass is 32.1. The van der Waals surface area contributed by atoms with Crippen LogP contribution in [0.15, 0.2) is 24.3 Å². The summed E-state index contributed by atoms with van der Waals surface area (Å²) in [4.78, 5) is 26.4. The van der Waals surface area contributed by atoms with Crippen molar-refractivity contribution in [2.24, 2.45) is 0 Å². The van der Waals surface area contributed by atoms with Crippen molar-refractivity contribution in [1.29, 1.82) is 0 Å². The average Bonchev–Trinajstić information content (AvgIpc) is 3.06. The number of anilines is 1. The van der Waals surface area contributed by atoms with E-state index in [1.54, 1.807) is 31.2 Å². The molecule has 0 spiro atoms. The maximum absolute atomic E-state index is 12.1. The van der Waals surface area contributed by atoms with Gasteiger partial charge >= 0.3 is 0 Å². The number of rotatable bonds is 8. The summed E-state index contributed by atoms with van der Waals surface area (Å²) in [6.07, 6.45) is 0. The molecule has 1 aromatic carbocycles. The van der Waals surface area contributed by atoms with E-state index in [1.807, 2.05) is 0 Å². The number of carbonyl (C=O) groups excluding carboxylic acids is 2. The summed E-state index contributed by atoms with van der Waals surface area (Å²) in [6.45, 7) is 9.36. The van der Waals surface area contributed by atoms with Crippen molar-refractivity contribution in [2.75, 3.05) is 31.5 Å². The summed E-state index contributed by atoms with van der Waals surface area (Å²) in [5, 5.41) is 14.3. The number of aryl methyl sites for hydroxylation is 1. The second kappa shape index (κ2) is 9.24. The van der Waals surface area contributed by atoms with Gasteiger partial charge in [-0.15, -0.1) is 10.2 Å². The molecule has 0 aliphatic rings. The van der Waals surface area contributed by atoms with E-state index in [-0.39, 0.29) is 11.8 Å². The van der Waals surface area contributed by atoms with Gasteiger partial charge in [-0.3, -0.25) is 9.59 Å². The quantitative estimate of drug-likeness (QED) is 0.752. The number of nitrogens with one attached hydrogen (secondary N) is 2. The van der Waals surface area contributed by atoms with Crippen LogP contribution in [0.3, 0.4) is 0 Å². The van der Waals surface area contributed by atoms with E-state index in [2.05, 4.69) is 39.6 Å². The largest absolute Gasteiger partial charge is 0.351 e. The lowest BCUT2D eigenvalue weighted by molar-refractivity contribution is 0.0948. The molecule has 0 bridgehead atoms. The molecule has 0 atom stereocenters. The third-order valence-electron chi connectivity index (χ3n) is 3.73. The monoisotopic (exact) mass is 361 g/mol. The minimum absolute atomic E-state index is 0.121. The predicted molar refractivity (Wildman–Crippen MR) is 99.2 cm³/mol. The van der Waals surface area contributed by atoms with Gasteiger partial charge in [-0.2, -0.15) is 0 Å². The summed E-state index contributed by atoms with van der Waals surface area (Å²) < 4.78 is 0. The molecule has 0 saturated carbocycles. The van der Waals surface area contributed by atoms with Crippen LogP contribution in [0.5, 0.6) is 0 Å². The molecule has 0 unspecified atom stereocenters. The van der Waals surface area contributed by atoms with Crippen LogP contribution in [0.4, 0.5) is 5.69 Å². The average molecular weight is 361 g/mol. The molecule has 0 aliphatic carbocycles. The Morgan fingerprint density at radius 1 is 1.08 bits per heavy atom. The Morgan fingerprint density at radius 2 is 1.76 bits per heavy atom. The van der Waals surface area contributed by atoms with Crippen LogP contribution in [-0.2, 0) is 0 Å². The molecule has 2 rings (SSSR count). The Hall–Kier alpha value is -2.32. The highest BCUT2D eigenvalue weighted by molar-refractivity contribution is 7.13. The molecule has 2 N–H and O–H groups in total. The maximum atomic E-state index is 12.1. The smallest absolute Gasteiger partial charge is 0.286 e. The molecular weight excluding hydrogens is 338 g/mol. The fourth-order valence-electron chi connectivity index (χ4n) is 2.25. The number of likely N-dealkylation sites (N-methyl/N-ethyl adjacent to an activating group) is 1. The summed E-state index contributed by atoms with van der Waals surface area (Å²) in [7, 11) is 0. The number of carbonyl (C=O) groups is 2. The van der Waals surface area contributed by atoms with Crippen molar-refractivity contribution in [3.63, 3.8) is 0 Å². The summed E-state index contributed by atoms with van der Waals surface area (Å²) in [5.41, 5.74) is 1.17. The zero-order valence-corrected chi connectivity index (χ0v) is 15.5. The van der Waals surface area contributed by atoms with E-state index < -0.39 is 0 Å². The van der Waals surface area contributed by atoms with Crippen molar-refractivity contribution in [2.45, 2.75) is 20.8 Å². The molecule has 1 heterocycles. The van der Waals surface area contributed by atoms with Crippen LogP contribution in [0, 0.1) is 6.92 Å². The molecular formula is C17H23N5O2S. The zero-order valence-electron chi connectivity index (χ0n) is 14.7. The number of hydrogen-bond acceptors (Lipinski definition) is 6. The maximum Gasteiger partial charge on any atom is 0.286 e. The second-order valence-corrected chi connectivity index (χ2v) is 6.62. The van der Waals surface area contributed by atoms with E-state index >= 15 is 0 Å². The lowest BCUT2D eigenvalue weighted by Crippen LogP contribution is -2.34. The fourth-order valence-corrected chi connectivity index (χ4v) is 2.83. The van der Waals surface area contributed by atoms with Crippen LogP contribution in [0.2, 0.25) is 0 Å². The van der Waals surface area contributed by atoms with Gasteiger partial charge < -0.3 is 15.5 Å². The molecule has 0 fully saturated rings. The lowest BCUT2D eigenvalue weighted by atomic mass is 10.2. The van der Waals surface area contributed by atoms with Gasteiger partial charge in [-0.25, -0.2) is 0 Å². The van der Waals surface area contributed by atoms with E-state index in [4.69, 9.17) is 0 Å². The van der Waals surface area contributed by atoms with Crippen molar-refractivity contribution < 1.29 is 9.59 Å². The highest BCUT2D eigenvalue weighted by Crippen LogP contribution is 2.13. The van der Waals surface area contributed by atoms with Crippen molar-refractivity contribution >= 4 is 28.8 Å². The molecule has 0 saturated heterocycles. The van der Waals surface area contributed by atoms with Gasteiger partial charge in [-0.1, -0.05) is 25.2 Å². The summed E-state index contributed by atoms with van der Waals surface area (Å²) in [5.74, 6) is -0.424. The number of nitrogens with zero attached hydrogens (tertiary/aromatic N) is 3. The van der Waals surface area contributed by atoms with Crippen LogP contribution in [0.1, 0.15) is 39.0 Å². The Labute approximate surface area is 151 Å². The molecule has 134 valence electrons. The second-order valence-electron chi connectivity index (χ2n) is 5.44. The van der Waals surface area contributed by atoms with Crippen LogP contribution in [0.25, 0.3) is 0 Å². The summed E-state index contributed by atoms with van der Waals surface area (Å²) in [6, 6.07) is 6.78. The third-order valence-corrected chi connectivity index (χ3v) is 4.57. The number of hydrogen-bond donors (Lipinski definition) is 2. The first-order valence-corrected chi connectivity index (χ1v) is 9.07. The van der Waals surface area contributed by atoms with Gasteiger partial charge in [0, 0.05) is 24.3 Å². The standard InChI is InChI=1S/C17H23N5O2S/c1-4-22(5-2)11-10-18-15(23)13-6-8-14(9-7-13)19-16(24)17-21-20-12(3)25-17/h6-9H,4-5,10-11H2,1-3H3,(H,18,23)(H,19,24). The van der Waals surface area contributed by atoms with Gasteiger partial charge in [0.2, 0.25) is 5.01 Å². The molecule has 1 aromatic heterocycles. The number of amides is 2. The minimum atomic E-state index is -0.304. The molecule has 25 heavy (non-hydrogen) atoms. The van der Waals surface area contributed by atoms with Gasteiger partial charge in [-0.05, 0) is 44.3 Å². The predicted octanol–water partition coefficient (Wildman–Crippen LogP) is 2.17. The van der Waals surface area contributed by atoms with Gasteiger partial charge in [0.1, 0.15) is 5.01 Å². The Balaban J connectivity index is 1.86. The van der Waals surface area contributed by atoms with E-state index in [1.165, 1.54) is 11.3 Å². The molecule has 2 aromatic rings. The lowest BCUT2D eigenvalue weighted by Gasteiger charge is -2.17. The van der Waals surface area contributed by atoms with Crippen LogP contribution in [-0.4, -0.2) is 53.1 Å². The number of benzene rings is 1. The molecule has 0 aliphatic heterocycles. The Kier molecular flexibility index (Phi) is 7.03. The van der Waals surface area contributed by atoms with Crippen molar-refractivity contribution in [1.82, 2.24) is 20.4 Å². The van der Waals surface area contributed by atoms with Crippen molar-refractivity contribution in [3.8, 4) is 0 Å². The van der Waals surface area contributed by atoms with Crippen LogP contribution < -0.4 is 10.6 Å². The first-order chi connectivity index (χ1) is 12.0. The molecule has 0 radical (unpaired) electrons. The Bertz CT molecular complexity index is 710. The van der Waals surface area contributed by atoms with Gasteiger partial charge in [0.05, 0.1) is 0 Å². The van der Waals surface area contributed by atoms with Crippen LogP contribution >= 0.6 is 11.3 Å². The fraction of sp³-hybridized carbons (Fsp3) is 0.412. The first-order valence-electron chi connectivity index (χ1n) is 8.25. The zero-order chi connectivity index (χ0) is 18.2. The SMILES string of the molecule is CCN(CC)CCNC(=O)c1ccc(NC(=O)c2nnc(C)s2)cc1.